The van der Waals surface area contributed by atoms with E-state index in [0.29, 0.717) is 50.0 Å². The number of fused-ring (bicyclic) bond motifs is 3. The molecule has 2 aliphatic carbocycles. The van der Waals surface area contributed by atoms with Crippen LogP contribution >= 0.6 is 0 Å². The molecule has 11 nitrogen and oxygen atoms in total. The van der Waals surface area contributed by atoms with E-state index >= 15 is 0 Å². The lowest BCUT2D eigenvalue weighted by Crippen LogP contribution is -2.59. The Morgan fingerprint density at radius 2 is 1.88 bits per heavy atom. The molecule has 1 saturated carbocycles. The van der Waals surface area contributed by atoms with Gasteiger partial charge in [0.25, 0.3) is 11.8 Å². The van der Waals surface area contributed by atoms with Gasteiger partial charge in [-0.2, -0.15) is 5.10 Å². The lowest BCUT2D eigenvalue weighted by atomic mass is 9.89. The fraction of sp³-hybridized carbons (Fsp3) is 0.552. The molecule has 4 heterocycles. The third kappa shape index (κ3) is 3.97. The van der Waals surface area contributed by atoms with E-state index in [2.05, 4.69) is 47.6 Å². The molecule has 5 amide bonds. The second-order valence-corrected chi connectivity index (χ2v) is 12.1. The molecule has 0 bridgehead atoms. The number of carbonyl (C=O) groups excluding carboxylic acids is 4. The summed E-state index contributed by atoms with van der Waals surface area (Å²) in [5.74, 6) is 0.274. The highest BCUT2D eigenvalue weighted by molar-refractivity contribution is 6.07. The molecule has 1 aromatic carbocycles. The summed E-state index contributed by atoms with van der Waals surface area (Å²) in [5, 5.41) is 9.78. The molecule has 1 unspecified atom stereocenters. The first-order chi connectivity index (χ1) is 19.2. The monoisotopic (exact) mass is 545 g/mol. The van der Waals surface area contributed by atoms with Crippen molar-refractivity contribution >= 4 is 29.4 Å². The lowest BCUT2D eigenvalue weighted by Gasteiger charge is -2.37. The molecule has 3 saturated heterocycles. The van der Waals surface area contributed by atoms with Gasteiger partial charge in [0.1, 0.15) is 12.1 Å². The van der Waals surface area contributed by atoms with Crippen molar-refractivity contribution in [3.8, 4) is 0 Å². The Bertz CT molecular complexity index is 1440. The van der Waals surface area contributed by atoms with Gasteiger partial charge in [-0.05, 0) is 68.6 Å². The van der Waals surface area contributed by atoms with Crippen molar-refractivity contribution in [2.24, 2.45) is 5.92 Å². The predicted molar refractivity (Wildman–Crippen MR) is 146 cm³/mol. The molecule has 40 heavy (non-hydrogen) atoms. The molecule has 7 rings (SSSR count). The molecule has 1 spiro atoms. The number of nitrogens with one attached hydrogen (secondary N) is 2. The van der Waals surface area contributed by atoms with E-state index in [1.54, 1.807) is 9.58 Å². The minimum absolute atomic E-state index is 0.0211. The van der Waals surface area contributed by atoms with Crippen molar-refractivity contribution in [2.45, 2.75) is 57.5 Å². The zero-order chi connectivity index (χ0) is 27.8. The Balaban J connectivity index is 1.06. The van der Waals surface area contributed by atoms with Crippen LogP contribution in [-0.2, 0) is 22.6 Å². The van der Waals surface area contributed by atoms with Gasteiger partial charge in [0.05, 0.1) is 6.54 Å². The van der Waals surface area contributed by atoms with Gasteiger partial charge in [-0.15, -0.1) is 0 Å². The van der Waals surface area contributed by atoms with Crippen LogP contribution in [0.4, 0.5) is 10.5 Å². The number of imide groups is 1. The summed E-state index contributed by atoms with van der Waals surface area (Å²) in [5.41, 5.74) is 5.10. The molecule has 0 radical (unpaired) electrons. The Labute approximate surface area is 232 Å². The van der Waals surface area contributed by atoms with Crippen molar-refractivity contribution in [3.05, 3.63) is 46.3 Å². The van der Waals surface area contributed by atoms with Crippen molar-refractivity contribution in [1.29, 1.82) is 0 Å². The van der Waals surface area contributed by atoms with Crippen LogP contribution in [-0.4, -0.2) is 88.1 Å². The maximum Gasteiger partial charge on any atom is 0.322 e. The van der Waals surface area contributed by atoms with E-state index in [1.165, 1.54) is 16.8 Å². The van der Waals surface area contributed by atoms with E-state index in [1.807, 2.05) is 4.90 Å². The van der Waals surface area contributed by atoms with Gasteiger partial charge >= 0.3 is 6.03 Å². The van der Waals surface area contributed by atoms with Gasteiger partial charge in [-0.1, -0.05) is 12.1 Å². The minimum Gasteiger partial charge on any atom is -0.368 e. The highest BCUT2D eigenvalue weighted by Crippen LogP contribution is 2.57. The number of piperidine rings is 1. The fourth-order valence-corrected chi connectivity index (χ4v) is 7.18. The van der Waals surface area contributed by atoms with Crippen molar-refractivity contribution in [3.63, 3.8) is 0 Å². The summed E-state index contributed by atoms with van der Waals surface area (Å²) < 4.78 is 1.76. The number of urea groups is 1. The Hall–Kier alpha value is -3.89. The summed E-state index contributed by atoms with van der Waals surface area (Å²) in [6.45, 7) is 7.88. The van der Waals surface area contributed by atoms with E-state index in [0.717, 1.165) is 37.2 Å². The van der Waals surface area contributed by atoms with Crippen LogP contribution in [0.25, 0.3) is 0 Å². The summed E-state index contributed by atoms with van der Waals surface area (Å²) in [6, 6.07) is 5.84. The first kappa shape index (κ1) is 25.1. The third-order valence-electron chi connectivity index (χ3n) is 9.68. The van der Waals surface area contributed by atoms with Gasteiger partial charge in [0.2, 0.25) is 5.91 Å². The summed E-state index contributed by atoms with van der Waals surface area (Å²) in [4.78, 5) is 57.4. The largest absolute Gasteiger partial charge is 0.368 e. The highest BCUT2D eigenvalue weighted by atomic mass is 16.2. The van der Waals surface area contributed by atoms with Gasteiger partial charge in [-0.25, -0.2) is 4.79 Å². The number of amides is 5. The number of benzene rings is 1. The van der Waals surface area contributed by atoms with E-state index in [-0.39, 0.29) is 30.8 Å². The number of rotatable bonds is 4. The number of aromatic nitrogens is 2. The minimum atomic E-state index is -1.08. The van der Waals surface area contributed by atoms with Crippen LogP contribution in [0.3, 0.4) is 0 Å². The van der Waals surface area contributed by atoms with E-state index < -0.39 is 11.6 Å². The number of hydrogen-bond acceptors (Lipinski definition) is 6. The highest BCUT2D eigenvalue weighted by Gasteiger charge is 2.53. The molecule has 2 aromatic rings. The second kappa shape index (κ2) is 9.07. The molecule has 3 aliphatic heterocycles. The molecular formula is C29H35N7O4. The number of hydrogen-bond donors (Lipinski definition) is 2. The maximum absolute atomic E-state index is 13.8. The van der Waals surface area contributed by atoms with Gasteiger partial charge in [0.15, 0.2) is 5.69 Å². The molecule has 11 heteroatoms. The van der Waals surface area contributed by atoms with Crippen LogP contribution in [0.1, 0.15) is 58.1 Å². The van der Waals surface area contributed by atoms with Gasteiger partial charge < -0.3 is 20.0 Å². The number of likely N-dealkylation sites (tertiary alicyclic amines) is 1. The van der Waals surface area contributed by atoms with Crippen molar-refractivity contribution in [1.82, 2.24) is 30.2 Å². The molecule has 1 aromatic heterocycles. The van der Waals surface area contributed by atoms with Gasteiger partial charge in [0, 0.05) is 49.7 Å². The molecule has 5 aliphatic rings. The van der Waals surface area contributed by atoms with Gasteiger partial charge in [-0.3, -0.25) is 24.4 Å². The number of anilines is 1. The number of aryl methyl sites for hydroxylation is 1. The second-order valence-electron chi connectivity index (χ2n) is 12.1. The van der Waals surface area contributed by atoms with Crippen LogP contribution in [0.5, 0.6) is 0 Å². The quantitative estimate of drug-likeness (QED) is 0.560. The summed E-state index contributed by atoms with van der Waals surface area (Å²) >= 11 is 0. The first-order valence-corrected chi connectivity index (χ1v) is 14.4. The smallest absolute Gasteiger partial charge is 0.322 e. The predicted octanol–water partition coefficient (Wildman–Crippen LogP) is 1.32. The first-order valence-electron chi connectivity index (χ1n) is 14.4. The van der Waals surface area contributed by atoms with Crippen LogP contribution in [0, 0.1) is 19.8 Å². The van der Waals surface area contributed by atoms with Crippen LogP contribution in [0.15, 0.2) is 18.2 Å². The number of carbonyl (C=O) groups is 4. The lowest BCUT2D eigenvalue weighted by molar-refractivity contribution is -0.132. The fourth-order valence-electron chi connectivity index (χ4n) is 7.18. The number of nitrogens with zero attached hydrogens (tertiary/aromatic N) is 5. The molecule has 2 N–H and O–H groups in total. The standard InChI is InChI=1S/C29H35N7O4/c1-17-5-3-6-21(18(17)2)33-9-11-34(12-10-33)23(37)15-36-22-14-19-13-20(19)24(22)25(32-36)26(38)35-8-4-7-29(16-35)27(39)30-28(40)31-29/h3,5-6,19-20H,4,7-16H2,1-2H3,(H2,30,31,39,40)/t19-,20-,29?/m1/s1. The average Bonchev–Trinajstić information content (AvgIpc) is 3.34. The van der Waals surface area contributed by atoms with Crippen molar-refractivity contribution in [2.75, 3.05) is 44.2 Å². The Morgan fingerprint density at radius 1 is 1.07 bits per heavy atom. The normalized spacial score (nSPS) is 27.0. The topological polar surface area (TPSA) is 120 Å². The molecule has 4 fully saturated rings. The van der Waals surface area contributed by atoms with E-state index in [4.69, 9.17) is 5.10 Å². The summed E-state index contributed by atoms with van der Waals surface area (Å²) in [7, 11) is 0. The van der Waals surface area contributed by atoms with E-state index in [9.17, 15) is 19.2 Å². The molecule has 3 atom stereocenters. The maximum atomic E-state index is 13.8. The molecular weight excluding hydrogens is 510 g/mol. The zero-order valence-electron chi connectivity index (χ0n) is 23.0. The van der Waals surface area contributed by atoms with Crippen LogP contribution < -0.4 is 15.5 Å². The number of piperazine rings is 1. The average molecular weight is 546 g/mol. The summed E-state index contributed by atoms with van der Waals surface area (Å²) in [6.07, 6.45) is 3.00. The zero-order valence-corrected chi connectivity index (χ0v) is 23.0. The van der Waals surface area contributed by atoms with Crippen LogP contribution in [0.2, 0.25) is 0 Å². The third-order valence-corrected chi connectivity index (χ3v) is 9.68. The van der Waals surface area contributed by atoms with Crippen molar-refractivity contribution < 1.29 is 19.2 Å². The SMILES string of the molecule is Cc1cccc(N2CCN(C(=O)Cn3nc(C(=O)N4CCCC5(C4)NC(=O)NC5=O)c4c3C[C@H]3C[C@@H]43)CC2)c1C. The Morgan fingerprint density at radius 3 is 2.62 bits per heavy atom. The molecule has 210 valence electrons. The Kier molecular flexibility index (Phi) is 5.69.